The zero-order valence-electron chi connectivity index (χ0n) is 10.2. The molecular formula is C13H10Cl3N3O. The van der Waals surface area contributed by atoms with E-state index in [1.54, 1.807) is 0 Å². The van der Waals surface area contributed by atoms with Gasteiger partial charge >= 0.3 is 0 Å². The monoisotopic (exact) mass is 329 g/mol. The quantitative estimate of drug-likeness (QED) is 0.934. The Labute approximate surface area is 131 Å². The maximum atomic E-state index is 11.9. The van der Waals surface area contributed by atoms with Crippen LogP contribution in [0.2, 0.25) is 15.3 Å². The van der Waals surface area contributed by atoms with E-state index in [1.165, 1.54) is 6.07 Å². The van der Waals surface area contributed by atoms with Crippen molar-refractivity contribution in [2.75, 3.05) is 6.54 Å². The van der Waals surface area contributed by atoms with Crippen molar-refractivity contribution in [3.8, 4) is 0 Å². The lowest BCUT2D eigenvalue weighted by molar-refractivity contribution is 0.0953. The third-order valence-electron chi connectivity index (χ3n) is 2.58. The van der Waals surface area contributed by atoms with Crippen molar-refractivity contribution in [2.45, 2.75) is 6.42 Å². The van der Waals surface area contributed by atoms with E-state index >= 15 is 0 Å². The molecule has 1 amide bonds. The first-order chi connectivity index (χ1) is 9.56. The highest BCUT2D eigenvalue weighted by atomic mass is 35.5. The Balaban J connectivity index is 1.92. The van der Waals surface area contributed by atoms with Gasteiger partial charge in [-0.3, -0.25) is 4.79 Å². The van der Waals surface area contributed by atoms with Gasteiger partial charge in [0, 0.05) is 11.6 Å². The van der Waals surface area contributed by atoms with E-state index in [2.05, 4.69) is 15.5 Å². The van der Waals surface area contributed by atoms with Gasteiger partial charge in [-0.1, -0.05) is 46.9 Å². The molecule has 4 nitrogen and oxygen atoms in total. The molecule has 1 aromatic heterocycles. The molecule has 7 heteroatoms. The summed E-state index contributed by atoms with van der Waals surface area (Å²) in [5.41, 5.74) is 1.29. The van der Waals surface area contributed by atoms with Gasteiger partial charge in [0.1, 0.15) is 0 Å². The Morgan fingerprint density at radius 3 is 2.50 bits per heavy atom. The topological polar surface area (TPSA) is 54.9 Å². The van der Waals surface area contributed by atoms with E-state index in [4.69, 9.17) is 34.8 Å². The average molecular weight is 331 g/mol. The second-order valence-electron chi connectivity index (χ2n) is 4.00. The molecule has 104 valence electrons. The summed E-state index contributed by atoms with van der Waals surface area (Å²) in [6, 6.07) is 8.82. The molecule has 0 unspecified atom stereocenters. The average Bonchev–Trinajstić information content (AvgIpc) is 2.43. The Bertz CT molecular complexity index is 617. The van der Waals surface area contributed by atoms with E-state index in [0.717, 1.165) is 5.56 Å². The first-order valence-electron chi connectivity index (χ1n) is 5.77. The van der Waals surface area contributed by atoms with Crippen LogP contribution in [0.15, 0.2) is 30.3 Å². The fraction of sp³-hybridized carbons (Fsp3) is 0.154. The van der Waals surface area contributed by atoms with Crippen LogP contribution in [0.3, 0.4) is 0 Å². The molecule has 1 heterocycles. The number of halogens is 3. The van der Waals surface area contributed by atoms with Crippen LogP contribution in [-0.2, 0) is 6.42 Å². The second kappa shape index (κ2) is 6.88. The number of benzene rings is 1. The minimum absolute atomic E-state index is 0.0263. The van der Waals surface area contributed by atoms with Crippen molar-refractivity contribution in [3.05, 3.63) is 56.8 Å². The largest absolute Gasteiger partial charge is 0.352 e. The van der Waals surface area contributed by atoms with Crippen LogP contribution in [-0.4, -0.2) is 22.6 Å². The summed E-state index contributed by atoms with van der Waals surface area (Å²) in [5.74, 6) is -0.333. The fourth-order valence-corrected chi connectivity index (χ4v) is 2.03. The number of hydrogen-bond donors (Lipinski definition) is 1. The normalized spacial score (nSPS) is 10.3. The van der Waals surface area contributed by atoms with Crippen LogP contribution in [0.4, 0.5) is 0 Å². The van der Waals surface area contributed by atoms with Crippen LogP contribution < -0.4 is 5.32 Å². The van der Waals surface area contributed by atoms with Gasteiger partial charge in [-0.2, -0.15) is 0 Å². The van der Waals surface area contributed by atoms with Crippen LogP contribution in [0.25, 0.3) is 0 Å². The van der Waals surface area contributed by atoms with Gasteiger partial charge in [0.05, 0.1) is 5.56 Å². The minimum atomic E-state index is -0.333. The summed E-state index contributed by atoms with van der Waals surface area (Å²) in [5, 5.41) is 10.7. The highest BCUT2D eigenvalue weighted by Gasteiger charge is 2.12. The maximum absolute atomic E-state index is 11.9. The molecule has 0 aliphatic rings. The van der Waals surface area contributed by atoms with Gasteiger partial charge in [0.2, 0.25) is 0 Å². The zero-order chi connectivity index (χ0) is 14.5. The number of carbonyl (C=O) groups excluding carboxylic acids is 1. The van der Waals surface area contributed by atoms with E-state index in [-0.39, 0.29) is 21.8 Å². The summed E-state index contributed by atoms with van der Waals surface area (Å²) in [6.07, 6.45) is 0.687. The molecule has 0 bridgehead atoms. The van der Waals surface area contributed by atoms with Crippen LogP contribution in [0.1, 0.15) is 15.9 Å². The molecule has 20 heavy (non-hydrogen) atoms. The molecule has 0 saturated heterocycles. The molecule has 1 aromatic carbocycles. The predicted molar refractivity (Wildman–Crippen MR) is 79.5 cm³/mol. The number of rotatable bonds is 4. The molecular weight excluding hydrogens is 321 g/mol. The maximum Gasteiger partial charge on any atom is 0.254 e. The lowest BCUT2D eigenvalue weighted by atomic mass is 10.1. The molecule has 0 radical (unpaired) electrons. The van der Waals surface area contributed by atoms with Crippen molar-refractivity contribution in [1.29, 1.82) is 0 Å². The Morgan fingerprint density at radius 1 is 1.10 bits per heavy atom. The Hall–Kier alpha value is -1.36. The second-order valence-corrected chi connectivity index (χ2v) is 5.19. The molecule has 2 rings (SSSR count). The summed E-state index contributed by atoms with van der Waals surface area (Å²) in [6.45, 7) is 0.469. The smallest absolute Gasteiger partial charge is 0.254 e. The van der Waals surface area contributed by atoms with E-state index in [1.807, 2.05) is 24.3 Å². The molecule has 0 aliphatic carbocycles. The molecule has 0 aliphatic heterocycles. The molecule has 0 fully saturated rings. The van der Waals surface area contributed by atoms with Gasteiger partial charge < -0.3 is 5.32 Å². The third-order valence-corrected chi connectivity index (χ3v) is 3.29. The molecule has 1 N–H and O–H groups in total. The van der Waals surface area contributed by atoms with E-state index in [9.17, 15) is 4.79 Å². The molecule has 2 aromatic rings. The molecule has 0 atom stereocenters. The van der Waals surface area contributed by atoms with Crippen molar-refractivity contribution < 1.29 is 4.79 Å². The Morgan fingerprint density at radius 2 is 1.80 bits per heavy atom. The standard InChI is InChI=1S/C13H10Cl3N3O/c14-9-3-1-8(2-4-9)5-6-17-13(20)10-7-11(15)18-19-12(10)16/h1-4,7H,5-6H2,(H,17,20). The van der Waals surface area contributed by atoms with Gasteiger partial charge in [0.15, 0.2) is 10.3 Å². The lowest BCUT2D eigenvalue weighted by Gasteiger charge is -2.06. The van der Waals surface area contributed by atoms with Crippen LogP contribution in [0, 0.1) is 0 Å². The highest BCUT2D eigenvalue weighted by Crippen LogP contribution is 2.15. The highest BCUT2D eigenvalue weighted by molar-refractivity contribution is 6.34. The summed E-state index contributed by atoms with van der Waals surface area (Å²) in [7, 11) is 0. The number of nitrogens with one attached hydrogen (secondary N) is 1. The molecule has 0 saturated carbocycles. The molecule has 0 spiro atoms. The van der Waals surface area contributed by atoms with Crippen LogP contribution in [0.5, 0.6) is 0 Å². The first kappa shape index (κ1) is 15.0. The fourth-order valence-electron chi connectivity index (χ4n) is 1.58. The van der Waals surface area contributed by atoms with E-state index in [0.29, 0.717) is 18.0 Å². The van der Waals surface area contributed by atoms with Crippen LogP contribution >= 0.6 is 34.8 Å². The first-order valence-corrected chi connectivity index (χ1v) is 6.91. The Kier molecular flexibility index (Phi) is 5.17. The van der Waals surface area contributed by atoms with E-state index < -0.39 is 0 Å². The predicted octanol–water partition coefficient (Wildman–Crippen LogP) is 3.41. The van der Waals surface area contributed by atoms with Gasteiger partial charge in [-0.15, -0.1) is 10.2 Å². The number of nitrogens with zero attached hydrogens (tertiary/aromatic N) is 2. The third kappa shape index (κ3) is 4.07. The number of hydrogen-bond acceptors (Lipinski definition) is 3. The summed E-state index contributed by atoms with van der Waals surface area (Å²) in [4.78, 5) is 11.9. The summed E-state index contributed by atoms with van der Waals surface area (Å²) >= 11 is 17.3. The van der Waals surface area contributed by atoms with Crippen molar-refractivity contribution in [1.82, 2.24) is 15.5 Å². The number of aromatic nitrogens is 2. The van der Waals surface area contributed by atoms with Crippen molar-refractivity contribution >= 4 is 40.7 Å². The minimum Gasteiger partial charge on any atom is -0.352 e. The van der Waals surface area contributed by atoms with Crippen molar-refractivity contribution in [3.63, 3.8) is 0 Å². The summed E-state index contributed by atoms with van der Waals surface area (Å²) < 4.78 is 0. The SMILES string of the molecule is O=C(NCCc1ccc(Cl)cc1)c1cc(Cl)nnc1Cl. The lowest BCUT2D eigenvalue weighted by Crippen LogP contribution is -2.26. The van der Waals surface area contributed by atoms with Gasteiger partial charge in [0.25, 0.3) is 5.91 Å². The van der Waals surface area contributed by atoms with Crippen molar-refractivity contribution in [2.24, 2.45) is 0 Å². The number of amides is 1. The van der Waals surface area contributed by atoms with Gasteiger partial charge in [-0.25, -0.2) is 0 Å². The number of carbonyl (C=O) groups is 1. The van der Waals surface area contributed by atoms with Gasteiger partial charge in [-0.05, 0) is 30.2 Å². The zero-order valence-corrected chi connectivity index (χ0v) is 12.5.